The van der Waals surface area contributed by atoms with Gasteiger partial charge in [0.25, 0.3) is 5.91 Å². The van der Waals surface area contributed by atoms with E-state index in [0.717, 1.165) is 18.3 Å². The van der Waals surface area contributed by atoms with Gasteiger partial charge in [0.15, 0.2) is 16.6 Å². The predicted octanol–water partition coefficient (Wildman–Crippen LogP) is 2.71. The monoisotopic (exact) mass is 419 g/mol. The Balaban J connectivity index is 2.26. The third kappa shape index (κ3) is 3.87. The average molecular weight is 421 g/mol. The fraction of sp³-hybridized carbons (Fsp3) is 0. The fourth-order valence-corrected chi connectivity index (χ4v) is 2.32. The van der Waals surface area contributed by atoms with E-state index in [0.29, 0.717) is 0 Å². The minimum atomic E-state index is -0.899. The molecule has 26 heavy (non-hydrogen) atoms. The Morgan fingerprint density at radius 3 is 2.54 bits per heavy atom. The predicted molar refractivity (Wildman–Crippen MR) is 95.2 cm³/mol. The molecule has 0 saturated heterocycles. The minimum Gasteiger partial charge on any atom is -0.507 e. The van der Waals surface area contributed by atoms with Crippen LogP contribution < -0.4 is 11.2 Å². The van der Waals surface area contributed by atoms with Gasteiger partial charge in [0.05, 0.1) is 21.8 Å². The number of aromatic nitrogens is 1. The molecular weight excluding hydrogens is 413 g/mol. The number of phenols is 2. The normalized spacial score (nSPS) is 10.9. The highest BCUT2D eigenvalue weighted by molar-refractivity contribution is 6.46. The van der Waals surface area contributed by atoms with Crippen molar-refractivity contribution in [3.05, 3.63) is 48.7 Å². The van der Waals surface area contributed by atoms with Crippen molar-refractivity contribution in [3.63, 3.8) is 0 Å². The first kappa shape index (κ1) is 19.5. The summed E-state index contributed by atoms with van der Waals surface area (Å²) in [5, 5.41) is 32.7. The van der Waals surface area contributed by atoms with E-state index in [1.165, 1.54) is 0 Å². The number of hydrogen-bond donors (Lipinski definition) is 4. The van der Waals surface area contributed by atoms with Crippen molar-refractivity contribution in [2.24, 2.45) is 5.10 Å². The molecule has 0 aliphatic carbocycles. The Bertz CT molecular complexity index is 950. The zero-order valence-corrected chi connectivity index (χ0v) is 14.7. The number of rotatable bonds is 4. The van der Waals surface area contributed by atoms with E-state index >= 15 is 0 Å². The van der Waals surface area contributed by atoms with Crippen LogP contribution in [-0.4, -0.2) is 32.2 Å². The van der Waals surface area contributed by atoms with Crippen molar-refractivity contribution in [1.82, 2.24) is 10.4 Å². The molecule has 13 heteroatoms. The molecule has 0 spiro atoms. The SMILES string of the molecule is Nc1c(Cl)c(Cl)nc(C(=O)N/N=C/c2cc([N+](=O)[O-])c(O)cc2O)c1Cl. The summed E-state index contributed by atoms with van der Waals surface area (Å²) in [5.41, 5.74) is 6.34. The molecule has 0 unspecified atom stereocenters. The molecule has 0 aliphatic heterocycles. The Labute approximate surface area is 160 Å². The van der Waals surface area contributed by atoms with Crippen LogP contribution in [-0.2, 0) is 0 Å². The van der Waals surface area contributed by atoms with Crippen LogP contribution in [0.15, 0.2) is 17.2 Å². The third-order valence-corrected chi connectivity index (χ3v) is 4.11. The van der Waals surface area contributed by atoms with Gasteiger partial charge in [0.1, 0.15) is 10.8 Å². The molecule has 0 radical (unpaired) electrons. The van der Waals surface area contributed by atoms with E-state index in [1.54, 1.807) is 0 Å². The number of carbonyl (C=O) groups excluding carboxylic acids is 1. The molecule has 2 rings (SSSR count). The molecule has 0 fully saturated rings. The van der Waals surface area contributed by atoms with Crippen LogP contribution in [0.3, 0.4) is 0 Å². The lowest BCUT2D eigenvalue weighted by Crippen LogP contribution is -2.20. The first-order valence-electron chi connectivity index (χ1n) is 6.47. The number of amides is 1. The largest absolute Gasteiger partial charge is 0.507 e. The summed E-state index contributed by atoms with van der Waals surface area (Å²) >= 11 is 17.3. The number of nitrogen functional groups attached to an aromatic ring is 1. The van der Waals surface area contributed by atoms with E-state index in [1.807, 2.05) is 5.43 Å². The molecule has 136 valence electrons. The second-order valence-corrected chi connectivity index (χ2v) is 5.76. The lowest BCUT2D eigenvalue weighted by Gasteiger charge is -2.07. The maximum absolute atomic E-state index is 12.0. The number of carbonyl (C=O) groups is 1. The fourth-order valence-electron chi connectivity index (χ4n) is 1.73. The molecule has 1 heterocycles. The highest BCUT2D eigenvalue weighted by atomic mass is 35.5. The number of halogens is 3. The molecule has 1 amide bonds. The molecule has 0 bridgehead atoms. The lowest BCUT2D eigenvalue weighted by molar-refractivity contribution is -0.385. The van der Waals surface area contributed by atoms with Gasteiger partial charge < -0.3 is 15.9 Å². The number of aromatic hydroxyl groups is 2. The number of nitro groups is 1. The minimum absolute atomic E-state index is 0.113. The molecule has 10 nitrogen and oxygen atoms in total. The number of hydrazone groups is 1. The quantitative estimate of drug-likeness (QED) is 0.255. The van der Waals surface area contributed by atoms with Gasteiger partial charge in [-0.1, -0.05) is 34.8 Å². The van der Waals surface area contributed by atoms with Crippen molar-refractivity contribution in [2.45, 2.75) is 0 Å². The van der Waals surface area contributed by atoms with Gasteiger partial charge in [-0.2, -0.15) is 5.10 Å². The van der Waals surface area contributed by atoms with Crippen LogP contribution >= 0.6 is 34.8 Å². The topological polar surface area (TPSA) is 164 Å². The molecule has 1 aromatic heterocycles. The Kier molecular flexibility index (Phi) is 5.70. The zero-order chi connectivity index (χ0) is 19.6. The van der Waals surface area contributed by atoms with Gasteiger partial charge in [0.2, 0.25) is 0 Å². The highest BCUT2D eigenvalue weighted by Crippen LogP contribution is 2.34. The summed E-state index contributed by atoms with van der Waals surface area (Å²) in [5.74, 6) is -2.12. The molecule has 2 aromatic rings. The number of nitrogens with one attached hydrogen (secondary N) is 1. The average Bonchev–Trinajstić information content (AvgIpc) is 2.57. The van der Waals surface area contributed by atoms with Gasteiger partial charge in [-0.05, 0) is 0 Å². The van der Waals surface area contributed by atoms with E-state index in [-0.39, 0.29) is 32.1 Å². The maximum atomic E-state index is 12.0. The van der Waals surface area contributed by atoms with E-state index in [2.05, 4.69) is 10.1 Å². The number of phenolic OH excluding ortho intramolecular Hbond substituents is 2. The second kappa shape index (κ2) is 7.60. The van der Waals surface area contributed by atoms with Crippen molar-refractivity contribution in [1.29, 1.82) is 0 Å². The van der Waals surface area contributed by atoms with Crippen molar-refractivity contribution >= 4 is 58.3 Å². The summed E-state index contributed by atoms with van der Waals surface area (Å²) < 4.78 is 0. The molecule has 1 aromatic carbocycles. The zero-order valence-electron chi connectivity index (χ0n) is 12.4. The van der Waals surface area contributed by atoms with Crippen LogP contribution in [0, 0.1) is 10.1 Å². The Morgan fingerprint density at radius 1 is 1.27 bits per heavy atom. The number of nitrogens with two attached hydrogens (primary N) is 1. The van der Waals surface area contributed by atoms with E-state index in [4.69, 9.17) is 40.5 Å². The summed E-state index contributed by atoms with van der Waals surface area (Å²) in [7, 11) is 0. The first-order chi connectivity index (χ1) is 12.1. The summed E-state index contributed by atoms with van der Waals surface area (Å²) in [6, 6.07) is 1.63. The molecular formula is C13H8Cl3N5O5. The van der Waals surface area contributed by atoms with Crippen LogP contribution in [0.5, 0.6) is 11.5 Å². The molecule has 0 saturated carbocycles. The first-order valence-corrected chi connectivity index (χ1v) is 7.60. The molecule has 0 aliphatic rings. The Morgan fingerprint density at radius 2 is 1.92 bits per heavy atom. The number of nitro benzene ring substituents is 1. The van der Waals surface area contributed by atoms with Crippen LogP contribution in [0.2, 0.25) is 15.2 Å². The van der Waals surface area contributed by atoms with Crippen molar-refractivity contribution in [3.8, 4) is 11.5 Å². The van der Waals surface area contributed by atoms with Gasteiger partial charge in [0, 0.05) is 17.7 Å². The van der Waals surface area contributed by atoms with Gasteiger partial charge in [-0.3, -0.25) is 14.9 Å². The number of nitrogens with zero attached hydrogens (tertiary/aromatic N) is 3. The second-order valence-electron chi connectivity index (χ2n) is 4.65. The molecule has 0 atom stereocenters. The summed E-state index contributed by atoms with van der Waals surface area (Å²) in [4.78, 5) is 25.7. The van der Waals surface area contributed by atoms with Crippen LogP contribution in [0.4, 0.5) is 11.4 Å². The Hall–Kier alpha value is -2.82. The van der Waals surface area contributed by atoms with Crippen molar-refractivity contribution in [2.75, 3.05) is 5.73 Å². The summed E-state index contributed by atoms with van der Waals surface area (Å²) in [6.07, 6.45) is 0.911. The smallest absolute Gasteiger partial charge is 0.311 e. The third-order valence-electron chi connectivity index (χ3n) is 2.98. The van der Waals surface area contributed by atoms with E-state index < -0.39 is 28.0 Å². The standard InChI is InChI=1S/C13H8Cl3N5O5/c14-8-10(17)9(15)12(16)19-11(8)13(24)20-18-3-4-1-5(21(25)26)7(23)2-6(4)22/h1-3,22-23H,(H2,17,19)(H,20,24)/b18-3+. The van der Waals surface area contributed by atoms with Crippen LogP contribution in [0.25, 0.3) is 0 Å². The number of pyridine rings is 1. The van der Waals surface area contributed by atoms with Crippen molar-refractivity contribution < 1.29 is 19.9 Å². The summed E-state index contributed by atoms with van der Waals surface area (Å²) in [6.45, 7) is 0. The molecule has 5 N–H and O–H groups in total. The number of anilines is 1. The van der Waals surface area contributed by atoms with Gasteiger partial charge >= 0.3 is 5.69 Å². The van der Waals surface area contributed by atoms with Crippen LogP contribution in [0.1, 0.15) is 16.1 Å². The van der Waals surface area contributed by atoms with Gasteiger partial charge in [-0.15, -0.1) is 0 Å². The van der Waals surface area contributed by atoms with Gasteiger partial charge in [-0.25, -0.2) is 10.4 Å². The maximum Gasteiger partial charge on any atom is 0.311 e. The lowest BCUT2D eigenvalue weighted by atomic mass is 10.2. The van der Waals surface area contributed by atoms with E-state index in [9.17, 15) is 25.1 Å². The highest BCUT2D eigenvalue weighted by Gasteiger charge is 2.20. The number of benzene rings is 1. The number of hydrogen-bond acceptors (Lipinski definition) is 8.